The Morgan fingerprint density at radius 1 is 1.30 bits per heavy atom. The van der Waals surface area contributed by atoms with E-state index in [-0.39, 0.29) is 18.7 Å². The fraction of sp³-hybridized carbons (Fsp3) is 0.368. The number of halogens is 3. The fourth-order valence-corrected chi connectivity index (χ4v) is 3.51. The number of alkyl halides is 3. The molecule has 8 nitrogen and oxygen atoms in total. The highest BCUT2D eigenvalue weighted by Gasteiger charge is 2.36. The first kappa shape index (κ1) is 20.1. The van der Waals surface area contributed by atoms with Crippen molar-refractivity contribution in [1.29, 1.82) is 0 Å². The Morgan fingerprint density at radius 2 is 2.10 bits per heavy atom. The molecule has 4 rings (SSSR count). The number of H-pyrrole nitrogens is 1. The van der Waals surface area contributed by atoms with E-state index in [9.17, 15) is 18.0 Å². The van der Waals surface area contributed by atoms with E-state index >= 15 is 0 Å². The number of carbonyl (C=O) groups is 1. The molecule has 11 heteroatoms. The van der Waals surface area contributed by atoms with E-state index in [0.717, 1.165) is 6.07 Å². The van der Waals surface area contributed by atoms with Gasteiger partial charge in [-0.2, -0.15) is 18.3 Å². The molecule has 1 aliphatic rings. The van der Waals surface area contributed by atoms with Crippen LogP contribution in [0.1, 0.15) is 6.99 Å². The number of nitrogens with one attached hydrogen (secondary N) is 2. The van der Waals surface area contributed by atoms with Crippen LogP contribution in [0.3, 0.4) is 0 Å². The molecule has 1 aliphatic heterocycles. The molecule has 1 atom stereocenters. The number of piperazine rings is 1. The van der Waals surface area contributed by atoms with Gasteiger partial charge in [0.15, 0.2) is 5.65 Å². The minimum absolute atomic E-state index is 0. The zero-order valence-corrected chi connectivity index (χ0v) is 16.4. The first-order chi connectivity index (χ1) is 14.3. The maximum atomic E-state index is 13.7. The van der Waals surface area contributed by atoms with E-state index in [0.29, 0.717) is 36.5 Å². The third kappa shape index (κ3) is 3.67. The molecule has 0 radical (unpaired) electrons. The summed E-state index contributed by atoms with van der Waals surface area (Å²) in [6.07, 6.45) is -3.07. The van der Waals surface area contributed by atoms with Crippen LogP contribution < -0.4 is 10.2 Å². The lowest BCUT2D eigenvalue weighted by Crippen LogP contribution is -2.57. The normalized spacial score (nSPS) is 17.4. The van der Waals surface area contributed by atoms with Gasteiger partial charge in [-0.15, -0.1) is 0 Å². The minimum atomic E-state index is -4.59. The second-order valence-corrected chi connectivity index (χ2v) is 7.22. The van der Waals surface area contributed by atoms with Crippen molar-refractivity contribution in [2.45, 2.75) is 12.2 Å². The zero-order chi connectivity index (χ0) is 21.5. The molecule has 160 valence electrons. The predicted octanol–water partition coefficient (Wildman–Crippen LogP) is 2.15. The molecule has 0 spiro atoms. The highest BCUT2D eigenvalue weighted by molar-refractivity contribution is 5.90. The number of hydrogen-bond acceptors (Lipinski definition) is 6. The predicted molar refractivity (Wildman–Crippen MR) is 107 cm³/mol. The molecule has 3 aromatic rings. The topological polar surface area (TPSA) is 90.0 Å². The van der Waals surface area contributed by atoms with Gasteiger partial charge in [-0.05, 0) is 24.3 Å². The molecule has 0 saturated carbocycles. The van der Waals surface area contributed by atoms with Gasteiger partial charge in [0.1, 0.15) is 17.6 Å². The first-order valence-corrected chi connectivity index (χ1v) is 9.33. The standard InChI is InChI=1S/C19H20F3N7O.H2/c1-28(2)18(30)13-10-29(9-8-23-13)14-6-5-12(19(20,21)22)16(25-14)15-11-4-3-7-24-17(11)27-26-15;/h3-7,13,23H,8-10H2,1-2H3,(H,24,26,27);1H. The van der Waals surface area contributed by atoms with Gasteiger partial charge in [0.2, 0.25) is 5.91 Å². The average molecular weight is 421 g/mol. The van der Waals surface area contributed by atoms with Crippen LogP contribution in [0.5, 0.6) is 0 Å². The van der Waals surface area contributed by atoms with Crippen LogP contribution in [0.25, 0.3) is 22.4 Å². The van der Waals surface area contributed by atoms with Crippen molar-refractivity contribution < 1.29 is 19.4 Å². The Labute approximate surface area is 171 Å². The van der Waals surface area contributed by atoms with Crippen molar-refractivity contribution in [3.63, 3.8) is 0 Å². The number of fused-ring (bicyclic) bond motifs is 1. The summed E-state index contributed by atoms with van der Waals surface area (Å²) in [5.74, 6) is 0.264. The Morgan fingerprint density at radius 3 is 2.83 bits per heavy atom. The lowest BCUT2D eigenvalue weighted by Gasteiger charge is -2.35. The fourth-order valence-electron chi connectivity index (χ4n) is 3.51. The summed E-state index contributed by atoms with van der Waals surface area (Å²) in [6, 6.07) is 5.17. The summed E-state index contributed by atoms with van der Waals surface area (Å²) in [4.78, 5) is 24.0. The number of aromatic nitrogens is 4. The van der Waals surface area contributed by atoms with Crippen molar-refractivity contribution in [3.05, 3.63) is 36.0 Å². The van der Waals surface area contributed by atoms with Crippen molar-refractivity contribution in [2.24, 2.45) is 0 Å². The number of anilines is 1. The number of amides is 1. The zero-order valence-electron chi connectivity index (χ0n) is 16.4. The summed E-state index contributed by atoms with van der Waals surface area (Å²) < 4.78 is 41.1. The van der Waals surface area contributed by atoms with Crippen LogP contribution in [0.15, 0.2) is 30.5 Å². The van der Waals surface area contributed by atoms with Gasteiger partial charge in [0.25, 0.3) is 0 Å². The number of hydrogen-bond donors (Lipinski definition) is 2. The Hall–Kier alpha value is -3.21. The molecule has 2 N–H and O–H groups in total. The summed E-state index contributed by atoms with van der Waals surface area (Å²) in [5.41, 5.74) is -0.642. The van der Waals surface area contributed by atoms with Gasteiger partial charge in [0, 0.05) is 46.7 Å². The summed E-state index contributed by atoms with van der Waals surface area (Å²) in [7, 11) is 3.32. The molecule has 4 heterocycles. The molecule has 0 aliphatic carbocycles. The molecular weight excluding hydrogens is 399 g/mol. The monoisotopic (exact) mass is 421 g/mol. The average Bonchev–Trinajstić information content (AvgIpc) is 3.16. The molecule has 1 saturated heterocycles. The van der Waals surface area contributed by atoms with Crippen LogP contribution in [-0.4, -0.2) is 70.7 Å². The van der Waals surface area contributed by atoms with Crippen LogP contribution >= 0.6 is 0 Å². The van der Waals surface area contributed by atoms with Crippen LogP contribution in [0, 0.1) is 0 Å². The van der Waals surface area contributed by atoms with E-state index in [1.807, 2.05) is 4.90 Å². The van der Waals surface area contributed by atoms with Crippen LogP contribution in [0.2, 0.25) is 0 Å². The molecule has 0 bridgehead atoms. The SMILES string of the molecule is CN(C)C(=O)C1CN(c2ccc(C(F)(F)F)c(-c3[nH]nc4ncccc34)n2)CCN1.[HH]. The lowest BCUT2D eigenvalue weighted by atomic mass is 10.1. The van der Waals surface area contributed by atoms with Gasteiger partial charge in [0.05, 0.1) is 11.3 Å². The second-order valence-electron chi connectivity index (χ2n) is 7.22. The minimum Gasteiger partial charge on any atom is -0.353 e. The summed E-state index contributed by atoms with van der Waals surface area (Å²) >= 11 is 0. The smallest absolute Gasteiger partial charge is 0.353 e. The lowest BCUT2D eigenvalue weighted by molar-refractivity contribution is -0.137. The second kappa shape index (κ2) is 7.56. The number of likely N-dealkylation sites (N-methyl/N-ethyl adjacent to an activating group) is 1. The molecule has 30 heavy (non-hydrogen) atoms. The van der Waals surface area contributed by atoms with E-state index in [1.165, 1.54) is 17.2 Å². The van der Waals surface area contributed by atoms with Gasteiger partial charge in [-0.1, -0.05) is 0 Å². The number of carbonyl (C=O) groups excluding carboxylic acids is 1. The van der Waals surface area contributed by atoms with Gasteiger partial charge < -0.3 is 15.1 Å². The molecular formula is C19H22F3N7O. The molecule has 1 fully saturated rings. The Kier molecular flexibility index (Phi) is 5.06. The summed E-state index contributed by atoms with van der Waals surface area (Å²) in [5, 5.41) is 10.2. The van der Waals surface area contributed by atoms with Crippen molar-refractivity contribution in [2.75, 3.05) is 38.6 Å². The number of rotatable bonds is 3. The molecule has 1 unspecified atom stereocenters. The first-order valence-electron chi connectivity index (χ1n) is 9.33. The Bertz CT molecular complexity index is 1090. The van der Waals surface area contributed by atoms with E-state index in [1.54, 1.807) is 26.2 Å². The van der Waals surface area contributed by atoms with Gasteiger partial charge in [-0.25, -0.2) is 9.97 Å². The van der Waals surface area contributed by atoms with E-state index in [4.69, 9.17) is 0 Å². The highest BCUT2D eigenvalue weighted by atomic mass is 19.4. The number of pyridine rings is 2. The largest absolute Gasteiger partial charge is 0.418 e. The third-order valence-electron chi connectivity index (χ3n) is 4.99. The quantitative estimate of drug-likeness (QED) is 0.674. The number of aromatic amines is 1. The third-order valence-corrected chi connectivity index (χ3v) is 4.99. The van der Waals surface area contributed by atoms with E-state index in [2.05, 4.69) is 25.5 Å². The maximum absolute atomic E-state index is 13.7. The number of nitrogens with zero attached hydrogens (tertiary/aromatic N) is 5. The van der Waals surface area contributed by atoms with Gasteiger partial charge >= 0.3 is 6.18 Å². The highest BCUT2D eigenvalue weighted by Crippen LogP contribution is 2.38. The van der Waals surface area contributed by atoms with E-state index < -0.39 is 17.8 Å². The van der Waals surface area contributed by atoms with Crippen LogP contribution in [-0.2, 0) is 11.0 Å². The van der Waals surface area contributed by atoms with Crippen molar-refractivity contribution in [1.82, 2.24) is 30.4 Å². The molecule has 1 amide bonds. The van der Waals surface area contributed by atoms with Gasteiger partial charge in [-0.3, -0.25) is 9.89 Å². The molecule has 3 aromatic heterocycles. The van der Waals surface area contributed by atoms with Crippen molar-refractivity contribution >= 4 is 22.8 Å². The Balaban J connectivity index is 0.00000272. The van der Waals surface area contributed by atoms with Crippen LogP contribution in [0.4, 0.5) is 19.0 Å². The molecule has 0 aromatic carbocycles. The van der Waals surface area contributed by atoms with Crippen molar-refractivity contribution in [3.8, 4) is 11.4 Å². The summed E-state index contributed by atoms with van der Waals surface area (Å²) in [6.45, 7) is 1.33. The maximum Gasteiger partial charge on any atom is 0.418 e.